The number of rotatable bonds is 5. The lowest BCUT2D eigenvalue weighted by molar-refractivity contribution is 0.0909. The zero-order valence-corrected chi connectivity index (χ0v) is 11.5. The Labute approximate surface area is 112 Å². The number of aliphatic hydroxyl groups is 1. The van der Waals surface area contributed by atoms with E-state index in [2.05, 4.69) is 15.3 Å². The van der Waals surface area contributed by atoms with Crippen molar-refractivity contribution in [1.29, 1.82) is 0 Å². The van der Waals surface area contributed by atoms with Crippen molar-refractivity contribution >= 4 is 17.5 Å². The third-order valence-corrected chi connectivity index (χ3v) is 2.82. The van der Waals surface area contributed by atoms with Crippen molar-refractivity contribution in [2.75, 3.05) is 6.61 Å². The van der Waals surface area contributed by atoms with Crippen LogP contribution in [-0.2, 0) is 0 Å². The fourth-order valence-corrected chi connectivity index (χ4v) is 1.53. The van der Waals surface area contributed by atoms with E-state index in [1.54, 1.807) is 0 Å². The van der Waals surface area contributed by atoms with Crippen molar-refractivity contribution < 1.29 is 9.90 Å². The highest BCUT2D eigenvalue weighted by Gasteiger charge is 2.17. The van der Waals surface area contributed by atoms with Gasteiger partial charge in [-0.25, -0.2) is 9.97 Å². The predicted octanol–water partition coefficient (Wildman–Crippen LogP) is 1.75. The molecular weight excluding hydrogens is 254 g/mol. The summed E-state index contributed by atoms with van der Waals surface area (Å²) in [6, 6.07) is -0.286. The summed E-state index contributed by atoms with van der Waals surface area (Å²) < 4.78 is 0. The molecule has 100 valence electrons. The van der Waals surface area contributed by atoms with Crippen molar-refractivity contribution in [2.45, 2.75) is 39.2 Å². The van der Waals surface area contributed by atoms with Crippen LogP contribution in [0.25, 0.3) is 0 Å². The smallest absolute Gasteiger partial charge is 0.271 e. The molecule has 1 rings (SSSR count). The van der Waals surface area contributed by atoms with Gasteiger partial charge in [0.25, 0.3) is 5.91 Å². The minimum atomic E-state index is -0.384. The third-order valence-electron chi connectivity index (χ3n) is 2.54. The maximum atomic E-state index is 12.0. The maximum absolute atomic E-state index is 12.0. The largest absolute Gasteiger partial charge is 0.394 e. The van der Waals surface area contributed by atoms with Crippen molar-refractivity contribution in [2.24, 2.45) is 0 Å². The number of carbonyl (C=O) groups excluding carboxylic acids is 1. The molecule has 0 aliphatic rings. The van der Waals surface area contributed by atoms with Gasteiger partial charge in [-0.1, -0.05) is 32.4 Å². The van der Waals surface area contributed by atoms with Crippen LogP contribution in [-0.4, -0.2) is 33.6 Å². The predicted molar refractivity (Wildman–Crippen MR) is 69.8 cm³/mol. The molecule has 0 unspecified atom stereocenters. The number of amides is 1. The second-order valence-corrected chi connectivity index (χ2v) is 4.75. The number of halogens is 1. The molecule has 0 saturated carbocycles. The molecule has 1 heterocycles. The quantitative estimate of drug-likeness (QED) is 0.856. The number of nitrogens with one attached hydrogen (secondary N) is 1. The Morgan fingerprint density at radius 3 is 2.72 bits per heavy atom. The van der Waals surface area contributed by atoms with Crippen LogP contribution in [0.1, 0.15) is 49.4 Å². The topological polar surface area (TPSA) is 75.1 Å². The van der Waals surface area contributed by atoms with Crippen LogP contribution in [0.5, 0.6) is 0 Å². The normalized spacial score (nSPS) is 12.6. The van der Waals surface area contributed by atoms with Gasteiger partial charge in [0.05, 0.1) is 23.9 Å². The number of aromatic nitrogens is 2. The van der Waals surface area contributed by atoms with Gasteiger partial charge in [0.2, 0.25) is 0 Å². The van der Waals surface area contributed by atoms with Gasteiger partial charge in [-0.05, 0) is 6.42 Å². The molecule has 0 spiro atoms. The summed E-state index contributed by atoms with van der Waals surface area (Å²) in [6.45, 7) is 5.64. The highest BCUT2D eigenvalue weighted by molar-refractivity contribution is 6.33. The van der Waals surface area contributed by atoms with Gasteiger partial charge in [-0.15, -0.1) is 0 Å². The number of nitrogens with zero attached hydrogens (tertiary/aromatic N) is 2. The van der Waals surface area contributed by atoms with E-state index in [9.17, 15) is 4.79 Å². The molecule has 5 nitrogen and oxygen atoms in total. The van der Waals surface area contributed by atoms with Gasteiger partial charge in [0.15, 0.2) is 0 Å². The van der Waals surface area contributed by atoms with Crippen LogP contribution in [0.3, 0.4) is 0 Å². The zero-order chi connectivity index (χ0) is 13.7. The number of hydrogen-bond donors (Lipinski definition) is 2. The fraction of sp³-hybridized carbons (Fsp3) is 0.583. The van der Waals surface area contributed by atoms with E-state index in [4.69, 9.17) is 16.7 Å². The lowest BCUT2D eigenvalue weighted by Gasteiger charge is -2.14. The minimum Gasteiger partial charge on any atom is -0.394 e. The van der Waals surface area contributed by atoms with Crippen LogP contribution in [0.15, 0.2) is 6.20 Å². The molecule has 1 atom stereocenters. The van der Waals surface area contributed by atoms with Gasteiger partial charge in [0.1, 0.15) is 11.5 Å². The molecule has 0 aromatic carbocycles. The lowest BCUT2D eigenvalue weighted by atomic mass is 10.2. The molecule has 6 heteroatoms. The monoisotopic (exact) mass is 271 g/mol. The van der Waals surface area contributed by atoms with Crippen molar-refractivity contribution in [3.05, 3.63) is 22.7 Å². The molecule has 0 radical (unpaired) electrons. The van der Waals surface area contributed by atoms with Gasteiger partial charge < -0.3 is 10.4 Å². The molecule has 0 bridgehead atoms. The first-order valence-corrected chi connectivity index (χ1v) is 6.31. The zero-order valence-electron chi connectivity index (χ0n) is 10.8. The van der Waals surface area contributed by atoms with Gasteiger partial charge in [0, 0.05) is 5.92 Å². The first kappa shape index (κ1) is 14.9. The maximum Gasteiger partial charge on any atom is 0.271 e. The van der Waals surface area contributed by atoms with Crippen LogP contribution in [0, 0.1) is 0 Å². The van der Waals surface area contributed by atoms with Crippen LogP contribution < -0.4 is 5.32 Å². The third kappa shape index (κ3) is 3.65. The van der Waals surface area contributed by atoms with Gasteiger partial charge >= 0.3 is 0 Å². The minimum absolute atomic E-state index is 0.109. The van der Waals surface area contributed by atoms with Crippen LogP contribution in [0.4, 0.5) is 0 Å². The highest BCUT2D eigenvalue weighted by atomic mass is 35.5. The Morgan fingerprint density at radius 1 is 1.56 bits per heavy atom. The summed E-state index contributed by atoms with van der Waals surface area (Å²) in [4.78, 5) is 20.2. The summed E-state index contributed by atoms with van der Waals surface area (Å²) in [5.41, 5.74) is 0.155. The number of carbonyl (C=O) groups is 1. The van der Waals surface area contributed by atoms with E-state index in [0.29, 0.717) is 12.2 Å². The Hall–Kier alpha value is -1.20. The van der Waals surface area contributed by atoms with Crippen molar-refractivity contribution in [1.82, 2.24) is 15.3 Å². The second-order valence-electron chi connectivity index (χ2n) is 4.34. The molecule has 0 fully saturated rings. The molecule has 0 saturated heterocycles. The lowest BCUT2D eigenvalue weighted by Crippen LogP contribution is -2.37. The number of hydrogen-bond acceptors (Lipinski definition) is 4. The van der Waals surface area contributed by atoms with Crippen LogP contribution in [0.2, 0.25) is 5.02 Å². The van der Waals surface area contributed by atoms with E-state index >= 15 is 0 Å². The Morgan fingerprint density at radius 2 is 2.22 bits per heavy atom. The second kappa shape index (κ2) is 6.66. The van der Waals surface area contributed by atoms with E-state index < -0.39 is 0 Å². The number of aliphatic hydroxyl groups excluding tert-OH is 1. The van der Waals surface area contributed by atoms with Gasteiger partial charge in [-0.2, -0.15) is 0 Å². The molecule has 0 aliphatic heterocycles. The molecule has 1 aromatic rings. The average molecular weight is 272 g/mol. The summed E-state index contributed by atoms with van der Waals surface area (Å²) in [6.07, 6.45) is 2.07. The molecular formula is C12H18ClN3O2. The van der Waals surface area contributed by atoms with E-state index in [1.165, 1.54) is 6.20 Å². The van der Waals surface area contributed by atoms with Crippen molar-refractivity contribution in [3.63, 3.8) is 0 Å². The molecule has 0 aliphatic carbocycles. The summed E-state index contributed by atoms with van der Waals surface area (Å²) in [7, 11) is 0. The average Bonchev–Trinajstić information content (AvgIpc) is 2.35. The van der Waals surface area contributed by atoms with E-state index in [0.717, 1.165) is 0 Å². The van der Waals surface area contributed by atoms with Crippen LogP contribution >= 0.6 is 11.6 Å². The standard InChI is InChI=1S/C12H18ClN3O2/c1-4-8(6-17)15-12(18)10-9(13)5-14-11(16-10)7(2)3/h5,7-8,17H,4,6H2,1-3H3,(H,15,18)/t8-/m0/s1. The Bertz CT molecular complexity index is 420. The Balaban J connectivity index is 2.94. The molecule has 1 amide bonds. The molecule has 1 aromatic heterocycles. The van der Waals surface area contributed by atoms with E-state index in [-0.39, 0.29) is 35.2 Å². The van der Waals surface area contributed by atoms with E-state index in [1.807, 2.05) is 20.8 Å². The van der Waals surface area contributed by atoms with Gasteiger partial charge in [-0.3, -0.25) is 4.79 Å². The first-order valence-electron chi connectivity index (χ1n) is 5.93. The summed E-state index contributed by atoms with van der Waals surface area (Å²) >= 11 is 5.92. The van der Waals surface area contributed by atoms with Crippen molar-refractivity contribution in [3.8, 4) is 0 Å². The SMILES string of the molecule is CC[C@@H](CO)NC(=O)c1nc(C(C)C)ncc1Cl. The molecule has 18 heavy (non-hydrogen) atoms. The Kier molecular flexibility index (Phi) is 5.50. The fourth-order valence-electron chi connectivity index (χ4n) is 1.35. The highest BCUT2D eigenvalue weighted by Crippen LogP contribution is 2.16. The summed E-state index contributed by atoms with van der Waals surface area (Å²) in [5.74, 6) is 0.306. The molecule has 2 N–H and O–H groups in total. The first-order chi connectivity index (χ1) is 8.49. The summed E-state index contributed by atoms with van der Waals surface area (Å²) in [5, 5.41) is 11.9.